The van der Waals surface area contributed by atoms with Crippen molar-refractivity contribution in [1.29, 1.82) is 0 Å². The highest BCUT2D eigenvalue weighted by atomic mass is 16.5. The summed E-state index contributed by atoms with van der Waals surface area (Å²) >= 11 is 0. The molecule has 31 heavy (non-hydrogen) atoms. The van der Waals surface area contributed by atoms with E-state index in [1.54, 1.807) is 18.2 Å². The van der Waals surface area contributed by atoms with Crippen LogP contribution in [0.2, 0.25) is 0 Å². The summed E-state index contributed by atoms with van der Waals surface area (Å²) in [6, 6.07) is 4.10. The fourth-order valence-corrected chi connectivity index (χ4v) is 3.61. The quantitative estimate of drug-likeness (QED) is 0.298. The number of amides is 4. The molecule has 168 valence electrons. The van der Waals surface area contributed by atoms with Crippen LogP contribution < -0.4 is 16.4 Å². The highest BCUT2D eigenvalue weighted by Crippen LogP contribution is 2.29. The molecule has 1 unspecified atom stereocenters. The van der Waals surface area contributed by atoms with Crippen LogP contribution >= 0.6 is 0 Å². The molecule has 0 aliphatic carbocycles. The summed E-state index contributed by atoms with van der Waals surface area (Å²) in [5, 5.41) is 5.40. The summed E-state index contributed by atoms with van der Waals surface area (Å²) in [7, 11) is 0. The predicted molar refractivity (Wildman–Crippen MR) is 110 cm³/mol. The molecule has 2 aliphatic rings. The van der Waals surface area contributed by atoms with E-state index < -0.39 is 29.7 Å². The lowest BCUT2D eigenvalue weighted by atomic mass is 10.0. The molecule has 2 heterocycles. The fourth-order valence-electron chi connectivity index (χ4n) is 3.61. The number of ether oxygens (including phenoxy) is 2. The molecule has 1 fully saturated rings. The van der Waals surface area contributed by atoms with Crippen molar-refractivity contribution in [2.24, 2.45) is 5.73 Å². The van der Waals surface area contributed by atoms with E-state index in [0.717, 1.165) is 11.3 Å². The third-order valence-corrected chi connectivity index (χ3v) is 5.16. The second-order valence-corrected chi connectivity index (χ2v) is 7.33. The normalized spacial score (nSPS) is 18.5. The van der Waals surface area contributed by atoms with E-state index in [1.807, 2.05) is 0 Å². The van der Waals surface area contributed by atoms with Gasteiger partial charge in [-0.15, -0.1) is 0 Å². The zero-order chi connectivity index (χ0) is 22.2. The largest absolute Gasteiger partial charge is 0.379 e. The number of imide groups is 2. The van der Waals surface area contributed by atoms with Crippen LogP contribution in [-0.2, 0) is 25.6 Å². The lowest BCUT2D eigenvalue weighted by Gasteiger charge is -2.27. The average Bonchev–Trinajstić information content (AvgIpc) is 3.01. The highest BCUT2D eigenvalue weighted by Gasteiger charge is 2.45. The standard InChI is InChI=1S/C21H28N4O6/c22-7-2-9-30-11-12-31-10-8-23-13-14-3-1-4-15-18(14)21(29)25(20(15)28)16-5-6-17(26)24-19(16)27/h1,3-4,16,23H,2,5-13,22H2,(H,24,26,27). The van der Waals surface area contributed by atoms with Crippen LogP contribution in [0.4, 0.5) is 0 Å². The van der Waals surface area contributed by atoms with E-state index >= 15 is 0 Å². The lowest BCUT2D eigenvalue weighted by Crippen LogP contribution is -2.54. The van der Waals surface area contributed by atoms with Gasteiger partial charge in [0.15, 0.2) is 0 Å². The average molecular weight is 432 g/mol. The van der Waals surface area contributed by atoms with Crippen LogP contribution in [0.25, 0.3) is 0 Å². The molecule has 0 saturated carbocycles. The van der Waals surface area contributed by atoms with Gasteiger partial charge in [0, 0.05) is 26.1 Å². The number of hydrogen-bond acceptors (Lipinski definition) is 8. The number of nitrogens with zero attached hydrogens (tertiary/aromatic N) is 1. The fraction of sp³-hybridized carbons (Fsp3) is 0.524. The molecule has 1 aromatic rings. The van der Waals surface area contributed by atoms with Crippen LogP contribution in [0.3, 0.4) is 0 Å². The number of rotatable bonds is 12. The van der Waals surface area contributed by atoms with Crippen molar-refractivity contribution < 1.29 is 28.7 Å². The smallest absolute Gasteiger partial charge is 0.262 e. The first-order valence-corrected chi connectivity index (χ1v) is 10.4. The van der Waals surface area contributed by atoms with Gasteiger partial charge in [-0.1, -0.05) is 12.1 Å². The molecule has 1 aromatic carbocycles. The molecule has 1 saturated heterocycles. The second kappa shape index (κ2) is 11.1. The SMILES string of the molecule is NCCCOCCOCCNCc1cccc2c1C(=O)N(C1CCC(=O)NC1=O)C2=O. The Morgan fingerprint density at radius 1 is 1.06 bits per heavy atom. The van der Waals surface area contributed by atoms with Crippen molar-refractivity contribution in [2.45, 2.75) is 31.8 Å². The van der Waals surface area contributed by atoms with Gasteiger partial charge in [0.05, 0.1) is 30.9 Å². The summed E-state index contributed by atoms with van der Waals surface area (Å²) in [6.07, 6.45) is 1.05. The zero-order valence-electron chi connectivity index (χ0n) is 17.4. The van der Waals surface area contributed by atoms with E-state index in [9.17, 15) is 19.2 Å². The molecule has 0 radical (unpaired) electrons. The molecule has 4 amide bonds. The Balaban J connectivity index is 1.51. The summed E-state index contributed by atoms with van der Waals surface area (Å²) < 4.78 is 10.8. The van der Waals surface area contributed by atoms with Crippen molar-refractivity contribution in [3.8, 4) is 0 Å². The second-order valence-electron chi connectivity index (χ2n) is 7.33. The Morgan fingerprint density at radius 2 is 1.84 bits per heavy atom. The van der Waals surface area contributed by atoms with Crippen molar-refractivity contribution in [1.82, 2.24) is 15.5 Å². The van der Waals surface area contributed by atoms with Crippen molar-refractivity contribution >= 4 is 23.6 Å². The summed E-state index contributed by atoms with van der Waals surface area (Å²) in [5.74, 6) is -2.02. The highest BCUT2D eigenvalue weighted by molar-refractivity contribution is 6.24. The van der Waals surface area contributed by atoms with E-state index in [0.29, 0.717) is 57.2 Å². The van der Waals surface area contributed by atoms with Crippen molar-refractivity contribution in [3.63, 3.8) is 0 Å². The van der Waals surface area contributed by atoms with Crippen LogP contribution in [0.15, 0.2) is 18.2 Å². The summed E-state index contributed by atoms with van der Waals surface area (Å²) in [4.78, 5) is 50.3. The third kappa shape index (κ3) is 5.53. The van der Waals surface area contributed by atoms with Gasteiger partial charge in [-0.3, -0.25) is 29.4 Å². The van der Waals surface area contributed by atoms with E-state index in [1.165, 1.54) is 0 Å². The molecular weight excluding hydrogens is 404 g/mol. The molecule has 4 N–H and O–H groups in total. The Kier molecular flexibility index (Phi) is 8.24. The van der Waals surface area contributed by atoms with Gasteiger partial charge < -0.3 is 20.5 Å². The van der Waals surface area contributed by atoms with Gasteiger partial charge in [-0.2, -0.15) is 0 Å². The molecule has 10 heteroatoms. The number of nitrogens with one attached hydrogen (secondary N) is 2. The van der Waals surface area contributed by atoms with Crippen LogP contribution in [-0.4, -0.2) is 74.1 Å². The molecule has 10 nitrogen and oxygen atoms in total. The number of hydrogen-bond donors (Lipinski definition) is 3. The van der Waals surface area contributed by atoms with E-state index in [2.05, 4.69) is 10.6 Å². The maximum atomic E-state index is 13.0. The van der Waals surface area contributed by atoms with Gasteiger partial charge in [0.1, 0.15) is 6.04 Å². The number of carbonyl (C=O) groups is 4. The number of piperidine rings is 1. The van der Waals surface area contributed by atoms with E-state index in [-0.39, 0.29) is 18.4 Å². The molecule has 1 atom stereocenters. The van der Waals surface area contributed by atoms with Crippen LogP contribution in [0, 0.1) is 0 Å². The molecular formula is C21H28N4O6. The first-order valence-electron chi connectivity index (χ1n) is 10.4. The Labute approximate surface area is 180 Å². The summed E-state index contributed by atoms with van der Waals surface area (Å²) in [5.41, 5.74) is 6.65. The Morgan fingerprint density at radius 3 is 2.58 bits per heavy atom. The van der Waals surface area contributed by atoms with Crippen molar-refractivity contribution in [3.05, 3.63) is 34.9 Å². The Bertz CT molecular complexity index is 843. The van der Waals surface area contributed by atoms with Gasteiger partial charge in [-0.05, 0) is 31.0 Å². The minimum absolute atomic E-state index is 0.0935. The number of benzene rings is 1. The zero-order valence-corrected chi connectivity index (χ0v) is 17.4. The summed E-state index contributed by atoms with van der Waals surface area (Å²) in [6.45, 7) is 3.64. The third-order valence-electron chi connectivity index (χ3n) is 5.16. The minimum Gasteiger partial charge on any atom is -0.379 e. The van der Waals surface area contributed by atoms with Gasteiger partial charge in [-0.25, -0.2) is 0 Å². The lowest BCUT2D eigenvalue weighted by molar-refractivity contribution is -0.136. The molecule has 0 bridgehead atoms. The maximum Gasteiger partial charge on any atom is 0.262 e. The molecule has 2 aliphatic heterocycles. The van der Waals surface area contributed by atoms with Gasteiger partial charge in [0.2, 0.25) is 11.8 Å². The van der Waals surface area contributed by atoms with Crippen LogP contribution in [0.5, 0.6) is 0 Å². The van der Waals surface area contributed by atoms with Crippen molar-refractivity contribution in [2.75, 3.05) is 39.5 Å². The topological polar surface area (TPSA) is 140 Å². The van der Waals surface area contributed by atoms with Gasteiger partial charge in [0.25, 0.3) is 11.8 Å². The maximum absolute atomic E-state index is 13.0. The van der Waals surface area contributed by atoms with Gasteiger partial charge >= 0.3 is 0 Å². The van der Waals surface area contributed by atoms with E-state index in [4.69, 9.17) is 15.2 Å². The van der Waals surface area contributed by atoms with Crippen LogP contribution in [0.1, 0.15) is 45.5 Å². The molecule has 0 aromatic heterocycles. The minimum atomic E-state index is -0.966. The first kappa shape index (κ1) is 23.0. The number of carbonyl (C=O) groups excluding carboxylic acids is 4. The number of nitrogens with two attached hydrogens (primary N) is 1. The number of fused-ring (bicyclic) bond motifs is 1. The first-order chi connectivity index (χ1) is 15.0. The molecule has 3 rings (SSSR count). The molecule has 0 spiro atoms. The Hall–Kier alpha value is -2.66. The monoisotopic (exact) mass is 432 g/mol. The predicted octanol–water partition coefficient (Wildman–Crippen LogP) is -0.441.